The summed E-state index contributed by atoms with van der Waals surface area (Å²) in [6, 6.07) is 0. The van der Waals surface area contributed by atoms with Crippen molar-refractivity contribution in [3.63, 3.8) is 0 Å². The average molecular weight is 172 g/mol. The summed E-state index contributed by atoms with van der Waals surface area (Å²) in [5.41, 5.74) is 1.45. The Bertz CT molecular complexity index is 270. The summed E-state index contributed by atoms with van der Waals surface area (Å²) in [6.07, 6.45) is 1.14. The van der Waals surface area contributed by atoms with Crippen molar-refractivity contribution in [2.45, 2.75) is 6.61 Å². The van der Waals surface area contributed by atoms with Gasteiger partial charge in [0.2, 0.25) is 5.89 Å². The third kappa shape index (κ3) is 1.80. The number of amides is 1. The smallest absolute Gasteiger partial charge is 0.296 e. The first-order chi connectivity index (χ1) is 5.77. The van der Waals surface area contributed by atoms with Gasteiger partial charge in [0.1, 0.15) is 12.9 Å². The summed E-state index contributed by atoms with van der Waals surface area (Å²) < 4.78 is 9.52. The number of rotatable bonds is 3. The second-order valence-corrected chi connectivity index (χ2v) is 2.00. The molecule has 1 aromatic heterocycles. The van der Waals surface area contributed by atoms with Gasteiger partial charge in [-0.15, -0.1) is 0 Å². The molecular formula is C6H8N2O4. The second kappa shape index (κ2) is 3.84. The molecule has 0 fully saturated rings. The van der Waals surface area contributed by atoms with Crippen molar-refractivity contribution < 1.29 is 19.2 Å². The van der Waals surface area contributed by atoms with Gasteiger partial charge in [0.25, 0.3) is 5.91 Å². The maximum atomic E-state index is 10.7. The third-order valence-corrected chi connectivity index (χ3v) is 1.15. The predicted octanol–water partition coefficient (Wildman–Crippen LogP) is -0.0600. The molecule has 0 aliphatic rings. The first kappa shape index (κ1) is 8.69. The number of oxazole rings is 1. The van der Waals surface area contributed by atoms with Gasteiger partial charge in [-0.05, 0) is 0 Å². The zero-order chi connectivity index (χ0) is 8.97. The Balaban J connectivity index is 2.70. The molecule has 1 aromatic rings. The maximum absolute atomic E-state index is 10.7. The van der Waals surface area contributed by atoms with E-state index < -0.39 is 5.91 Å². The van der Waals surface area contributed by atoms with Gasteiger partial charge in [-0.25, -0.2) is 10.5 Å². The zero-order valence-electron chi connectivity index (χ0n) is 6.40. The molecule has 1 rings (SSSR count). The molecule has 0 aliphatic carbocycles. The van der Waals surface area contributed by atoms with Crippen molar-refractivity contribution in [2.24, 2.45) is 0 Å². The van der Waals surface area contributed by atoms with E-state index in [-0.39, 0.29) is 18.2 Å². The van der Waals surface area contributed by atoms with Gasteiger partial charge >= 0.3 is 0 Å². The number of carbonyl (C=O) groups is 1. The lowest BCUT2D eigenvalue weighted by Crippen LogP contribution is -2.18. The van der Waals surface area contributed by atoms with Crippen molar-refractivity contribution in [1.29, 1.82) is 0 Å². The molecule has 0 aromatic carbocycles. The van der Waals surface area contributed by atoms with Gasteiger partial charge in [-0.3, -0.25) is 10.0 Å². The van der Waals surface area contributed by atoms with Crippen LogP contribution in [-0.2, 0) is 11.3 Å². The van der Waals surface area contributed by atoms with Crippen LogP contribution in [0.3, 0.4) is 0 Å². The van der Waals surface area contributed by atoms with E-state index >= 15 is 0 Å². The average Bonchev–Trinajstić information content (AvgIpc) is 2.52. The van der Waals surface area contributed by atoms with Crippen LogP contribution in [0.25, 0.3) is 0 Å². The van der Waals surface area contributed by atoms with Crippen molar-refractivity contribution in [3.8, 4) is 0 Å². The number of carbonyl (C=O) groups excluding carboxylic acids is 1. The fourth-order valence-electron chi connectivity index (χ4n) is 0.662. The number of nitrogens with one attached hydrogen (secondary N) is 1. The Morgan fingerprint density at radius 2 is 2.67 bits per heavy atom. The van der Waals surface area contributed by atoms with Crippen LogP contribution in [0.5, 0.6) is 0 Å². The Morgan fingerprint density at radius 1 is 1.92 bits per heavy atom. The Morgan fingerprint density at radius 3 is 3.25 bits per heavy atom. The highest BCUT2D eigenvalue weighted by molar-refractivity contribution is 5.90. The summed E-state index contributed by atoms with van der Waals surface area (Å²) in [4.78, 5) is 14.4. The van der Waals surface area contributed by atoms with Crippen molar-refractivity contribution in [2.75, 3.05) is 7.11 Å². The number of aromatic nitrogens is 1. The first-order valence-electron chi connectivity index (χ1n) is 3.15. The van der Waals surface area contributed by atoms with E-state index in [1.165, 1.54) is 12.6 Å². The summed E-state index contributed by atoms with van der Waals surface area (Å²) in [5.74, 6) is -0.419. The number of hydroxylamine groups is 1. The van der Waals surface area contributed by atoms with Gasteiger partial charge in [0.15, 0.2) is 5.69 Å². The van der Waals surface area contributed by atoms with Crippen LogP contribution in [0.4, 0.5) is 0 Å². The molecule has 0 saturated carbocycles. The molecule has 1 heterocycles. The van der Waals surface area contributed by atoms with Crippen molar-refractivity contribution in [3.05, 3.63) is 17.8 Å². The lowest BCUT2D eigenvalue weighted by molar-refractivity contribution is 0.0700. The predicted molar refractivity (Wildman–Crippen MR) is 36.5 cm³/mol. The fraction of sp³-hybridized carbons (Fsp3) is 0.333. The van der Waals surface area contributed by atoms with E-state index in [2.05, 4.69) is 4.98 Å². The molecule has 12 heavy (non-hydrogen) atoms. The molecule has 0 aliphatic heterocycles. The van der Waals surface area contributed by atoms with E-state index in [9.17, 15) is 4.79 Å². The first-order valence-corrected chi connectivity index (χ1v) is 3.15. The lowest BCUT2D eigenvalue weighted by atomic mass is 10.5. The van der Waals surface area contributed by atoms with Gasteiger partial charge in [0, 0.05) is 7.11 Å². The van der Waals surface area contributed by atoms with Crippen LogP contribution < -0.4 is 5.48 Å². The Kier molecular flexibility index (Phi) is 2.78. The minimum absolute atomic E-state index is 0.0181. The van der Waals surface area contributed by atoms with Crippen LogP contribution >= 0.6 is 0 Å². The summed E-state index contributed by atoms with van der Waals surface area (Å²) in [7, 11) is 1.48. The van der Waals surface area contributed by atoms with Crippen LogP contribution in [0.2, 0.25) is 0 Å². The van der Waals surface area contributed by atoms with Crippen molar-refractivity contribution >= 4 is 5.91 Å². The monoisotopic (exact) mass is 172 g/mol. The largest absolute Gasteiger partial charge is 0.446 e. The van der Waals surface area contributed by atoms with Crippen LogP contribution in [0, 0.1) is 0 Å². The molecule has 0 spiro atoms. The molecular weight excluding hydrogens is 164 g/mol. The molecule has 0 saturated heterocycles. The quantitative estimate of drug-likeness (QED) is 0.492. The number of hydrogen-bond acceptors (Lipinski definition) is 5. The molecule has 0 bridgehead atoms. The molecule has 0 atom stereocenters. The van der Waals surface area contributed by atoms with Crippen LogP contribution in [0.15, 0.2) is 10.7 Å². The van der Waals surface area contributed by atoms with E-state index in [0.29, 0.717) is 0 Å². The van der Waals surface area contributed by atoms with E-state index in [1.54, 1.807) is 0 Å². The lowest BCUT2D eigenvalue weighted by Gasteiger charge is -1.89. The standard InChI is InChI=1S/C6H8N2O4/c1-11-3-5-7-4(2-12-5)6(9)8-10/h2,10H,3H2,1H3,(H,8,9). The molecule has 2 N–H and O–H groups in total. The third-order valence-electron chi connectivity index (χ3n) is 1.15. The minimum Gasteiger partial charge on any atom is -0.446 e. The molecule has 0 unspecified atom stereocenters. The van der Waals surface area contributed by atoms with Gasteiger partial charge in [-0.2, -0.15) is 0 Å². The van der Waals surface area contributed by atoms with Gasteiger partial charge < -0.3 is 9.15 Å². The summed E-state index contributed by atoms with van der Waals surface area (Å²) in [5, 5.41) is 8.21. The van der Waals surface area contributed by atoms with Crippen LogP contribution in [-0.4, -0.2) is 23.2 Å². The highest BCUT2D eigenvalue weighted by atomic mass is 16.5. The Hall–Kier alpha value is -1.40. The molecule has 66 valence electrons. The summed E-state index contributed by atoms with van der Waals surface area (Å²) in [6.45, 7) is 0.193. The second-order valence-electron chi connectivity index (χ2n) is 2.00. The van der Waals surface area contributed by atoms with Crippen LogP contribution in [0.1, 0.15) is 16.4 Å². The number of hydrogen-bond donors (Lipinski definition) is 2. The zero-order valence-corrected chi connectivity index (χ0v) is 6.40. The molecule has 6 nitrogen and oxygen atoms in total. The van der Waals surface area contributed by atoms with Gasteiger partial charge in [0.05, 0.1) is 0 Å². The highest BCUT2D eigenvalue weighted by Crippen LogP contribution is 2.02. The van der Waals surface area contributed by atoms with Crippen molar-refractivity contribution in [1.82, 2.24) is 10.5 Å². The van der Waals surface area contributed by atoms with E-state index in [0.717, 1.165) is 6.26 Å². The normalized spacial score (nSPS) is 9.83. The SMILES string of the molecule is COCc1nc(C(=O)NO)co1. The fourth-order valence-corrected chi connectivity index (χ4v) is 0.662. The highest BCUT2D eigenvalue weighted by Gasteiger charge is 2.10. The van der Waals surface area contributed by atoms with Gasteiger partial charge in [-0.1, -0.05) is 0 Å². The molecule has 0 radical (unpaired) electrons. The number of ether oxygens (including phenoxy) is 1. The van der Waals surface area contributed by atoms with E-state index in [4.69, 9.17) is 14.4 Å². The Labute approximate surface area is 68.1 Å². The topological polar surface area (TPSA) is 84.6 Å². The number of methoxy groups -OCH3 is 1. The molecule has 1 amide bonds. The number of nitrogens with zero attached hydrogens (tertiary/aromatic N) is 1. The molecule has 6 heteroatoms. The van der Waals surface area contributed by atoms with E-state index in [1.807, 2.05) is 0 Å². The minimum atomic E-state index is -0.707. The maximum Gasteiger partial charge on any atom is 0.296 e. The summed E-state index contributed by atoms with van der Waals surface area (Å²) >= 11 is 0.